The second-order valence-electron chi connectivity index (χ2n) is 7.92. The summed E-state index contributed by atoms with van der Waals surface area (Å²) in [7, 11) is 2.08. The van der Waals surface area contributed by atoms with E-state index in [0.717, 1.165) is 50.0 Å². The Morgan fingerprint density at radius 1 is 0.839 bits per heavy atom. The van der Waals surface area contributed by atoms with Gasteiger partial charge in [-0.3, -0.25) is 0 Å². The minimum Gasteiger partial charge on any atom is -0.455 e. The molecule has 4 aromatic carbocycles. The van der Waals surface area contributed by atoms with E-state index in [1.165, 1.54) is 12.1 Å². The molecule has 0 aliphatic heterocycles. The summed E-state index contributed by atoms with van der Waals surface area (Å²) in [6.45, 7) is 2.09. The van der Waals surface area contributed by atoms with Gasteiger partial charge in [-0.1, -0.05) is 42.5 Å². The number of halogens is 1. The van der Waals surface area contributed by atoms with Crippen LogP contribution < -0.4 is 4.57 Å². The van der Waals surface area contributed by atoms with Crippen molar-refractivity contribution >= 4 is 33.0 Å². The van der Waals surface area contributed by atoms with Gasteiger partial charge in [0.2, 0.25) is 0 Å². The summed E-state index contributed by atoms with van der Waals surface area (Å²) < 4.78 is 24.6. The van der Waals surface area contributed by atoms with Gasteiger partial charge >= 0.3 is 0 Å². The monoisotopic (exact) mass is 407 g/mol. The predicted octanol–water partition coefficient (Wildman–Crippen LogP) is 6.47. The summed E-state index contributed by atoms with van der Waals surface area (Å²) in [6.07, 6.45) is 0. The number of hydrogen-bond acceptors (Lipinski definition) is 1. The first-order valence-corrected chi connectivity index (χ1v) is 10.3. The Labute approximate surface area is 178 Å². The number of imidazole rings is 1. The summed E-state index contributed by atoms with van der Waals surface area (Å²) >= 11 is 0. The second kappa shape index (κ2) is 6.54. The van der Waals surface area contributed by atoms with Gasteiger partial charge in [0, 0.05) is 16.8 Å². The normalized spacial score (nSPS) is 11.7. The molecule has 0 N–H and O–H groups in total. The average Bonchev–Trinajstić information content (AvgIpc) is 3.29. The molecule has 0 aliphatic rings. The Balaban J connectivity index is 1.80. The Kier molecular flexibility index (Phi) is 3.78. The molecule has 6 aromatic rings. The van der Waals surface area contributed by atoms with Crippen LogP contribution in [0.5, 0.6) is 0 Å². The summed E-state index contributed by atoms with van der Waals surface area (Å²) in [4.78, 5) is 0. The zero-order chi connectivity index (χ0) is 21.1. The maximum Gasteiger partial charge on any atom is 0.298 e. The van der Waals surface area contributed by atoms with Crippen molar-refractivity contribution in [2.45, 2.75) is 6.92 Å². The van der Waals surface area contributed by atoms with Crippen molar-refractivity contribution in [3.05, 3.63) is 96.3 Å². The molecule has 0 amide bonds. The lowest BCUT2D eigenvalue weighted by Crippen LogP contribution is -2.30. The maximum atomic E-state index is 13.9. The van der Waals surface area contributed by atoms with Crippen LogP contribution in [0.3, 0.4) is 0 Å². The van der Waals surface area contributed by atoms with Crippen LogP contribution in [0.4, 0.5) is 4.39 Å². The molecule has 4 heteroatoms. The molecule has 0 fully saturated rings. The molecule has 0 radical (unpaired) electrons. The van der Waals surface area contributed by atoms with E-state index in [1.807, 2.05) is 18.2 Å². The standard InChI is InChI=1S/C27H20FN2O/c1-17-12-14-21-20-15-13-18(28)16-24(20)31-26(21)25(17)27-29(2)22-10-6-7-11-23(22)30(27)19-8-4-3-5-9-19/h3-16H,1-2H3/q+1. The fraction of sp³-hybridized carbons (Fsp3) is 0.0741. The molecule has 2 heterocycles. The number of benzene rings is 4. The Morgan fingerprint density at radius 2 is 1.58 bits per heavy atom. The quantitative estimate of drug-likeness (QED) is 0.302. The zero-order valence-electron chi connectivity index (χ0n) is 17.3. The molecule has 3 nitrogen and oxygen atoms in total. The van der Waals surface area contributed by atoms with Crippen molar-refractivity contribution in [3.63, 3.8) is 0 Å². The van der Waals surface area contributed by atoms with Crippen molar-refractivity contribution in [2.24, 2.45) is 7.05 Å². The molecule has 0 bridgehead atoms. The van der Waals surface area contributed by atoms with Gasteiger partial charge in [0.1, 0.15) is 22.7 Å². The SMILES string of the molecule is Cc1ccc2c(oc3cc(F)ccc32)c1-c1n(-c2ccccc2)c2ccccc2[n+]1C. The van der Waals surface area contributed by atoms with Gasteiger partial charge in [-0.05, 0) is 48.9 Å². The number of hydrogen-bond donors (Lipinski definition) is 0. The number of furan rings is 1. The second-order valence-corrected chi connectivity index (χ2v) is 7.92. The topological polar surface area (TPSA) is 21.9 Å². The van der Waals surface area contributed by atoms with Crippen LogP contribution in [-0.4, -0.2) is 4.57 Å². The van der Waals surface area contributed by atoms with Crippen molar-refractivity contribution in [2.75, 3.05) is 0 Å². The average molecular weight is 407 g/mol. The molecule has 6 rings (SSSR count). The largest absolute Gasteiger partial charge is 0.455 e. The van der Waals surface area contributed by atoms with Crippen LogP contribution >= 0.6 is 0 Å². The third-order valence-corrected chi connectivity index (χ3v) is 6.06. The summed E-state index contributed by atoms with van der Waals surface area (Å²) in [5.74, 6) is 0.726. The molecule has 31 heavy (non-hydrogen) atoms. The van der Waals surface area contributed by atoms with Crippen molar-refractivity contribution in [3.8, 4) is 17.1 Å². The minimum absolute atomic E-state index is 0.297. The van der Waals surface area contributed by atoms with Gasteiger partial charge in [0.25, 0.3) is 5.82 Å². The van der Waals surface area contributed by atoms with Crippen molar-refractivity contribution < 1.29 is 13.4 Å². The van der Waals surface area contributed by atoms with Gasteiger partial charge in [-0.2, -0.15) is 4.57 Å². The van der Waals surface area contributed by atoms with E-state index >= 15 is 0 Å². The highest BCUT2D eigenvalue weighted by Gasteiger charge is 2.30. The number of rotatable bonds is 2. The third-order valence-electron chi connectivity index (χ3n) is 6.06. The van der Waals surface area contributed by atoms with E-state index in [0.29, 0.717) is 5.58 Å². The first kappa shape index (κ1) is 17.9. The Hall–Kier alpha value is -3.92. The number of aryl methyl sites for hydroxylation is 2. The third kappa shape index (κ3) is 2.55. The lowest BCUT2D eigenvalue weighted by atomic mass is 10.0. The van der Waals surface area contributed by atoms with Gasteiger partial charge in [-0.15, -0.1) is 0 Å². The number of aromatic nitrogens is 2. The maximum absolute atomic E-state index is 13.9. The van der Waals surface area contributed by atoms with E-state index in [-0.39, 0.29) is 5.82 Å². The molecular weight excluding hydrogens is 387 g/mol. The molecule has 0 saturated carbocycles. The summed E-state index contributed by atoms with van der Waals surface area (Å²) in [6, 6.07) is 27.6. The molecule has 0 unspecified atom stereocenters. The van der Waals surface area contributed by atoms with E-state index in [2.05, 4.69) is 71.6 Å². The van der Waals surface area contributed by atoms with Crippen molar-refractivity contribution in [1.82, 2.24) is 4.57 Å². The van der Waals surface area contributed by atoms with Crippen molar-refractivity contribution in [1.29, 1.82) is 0 Å². The van der Waals surface area contributed by atoms with E-state index in [1.54, 1.807) is 6.07 Å². The zero-order valence-corrected chi connectivity index (χ0v) is 17.3. The van der Waals surface area contributed by atoms with E-state index in [9.17, 15) is 4.39 Å². The molecule has 0 saturated heterocycles. The Morgan fingerprint density at radius 3 is 2.42 bits per heavy atom. The van der Waals surface area contributed by atoms with Crippen LogP contribution in [0, 0.1) is 12.7 Å². The molecule has 0 atom stereocenters. The lowest BCUT2D eigenvalue weighted by molar-refractivity contribution is -0.633. The van der Waals surface area contributed by atoms with Gasteiger partial charge in [-0.25, -0.2) is 8.96 Å². The molecular formula is C27H20FN2O+. The first-order chi connectivity index (χ1) is 15.1. The molecule has 150 valence electrons. The Bertz CT molecular complexity index is 1610. The highest BCUT2D eigenvalue weighted by atomic mass is 19.1. The predicted molar refractivity (Wildman–Crippen MR) is 122 cm³/mol. The van der Waals surface area contributed by atoms with Crippen LogP contribution in [0.15, 0.2) is 89.3 Å². The molecule has 0 spiro atoms. The first-order valence-electron chi connectivity index (χ1n) is 10.3. The van der Waals surface area contributed by atoms with Gasteiger partial charge in [0.15, 0.2) is 16.6 Å². The van der Waals surface area contributed by atoms with Crippen LogP contribution in [-0.2, 0) is 7.05 Å². The van der Waals surface area contributed by atoms with E-state index in [4.69, 9.17) is 4.42 Å². The summed E-state index contributed by atoms with van der Waals surface area (Å²) in [5, 5.41) is 1.91. The van der Waals surface area contributed by atoms with Crippen LogP contribution in [0.2, 0.25) is 0 Å². The number of nitrogens with zero attached hydrogens (tertiary/aromatic N) is 2. The fourth-order valence-corrected chi connectivity index (χ4v) is 4.62. The smallest absolute Gasteiger partial charge is 0.298 e. The minimum atomic E-state index is -0.297. The summed E-state index contributed by atoms with van der Waals surface area (Å²) in [5.41, 5.74) is 6.76. The number of fused-ring (bicyclic) bond motifs is 4. The van der Waals surface area contributed by atoms with Gasteiger partial charge in [0.05, 0.1) is 7.05 Å². The number of para-hydroxylation sites is 3. The van der Waals surface area contributed by atoms with Gasteiger partial charge < -0.3 is 4.42 Å². The highest BCUT2D eigenvalue weighted by molar-refractivity contribution is 6.09. The fourth-order valence-electron chi connectivity index (χ4n) is 4.62. The molecule has 0 aliphatic carbocycles. The lowest BCUT2D eigenvalue weighted by Gasteiger charge is -2.07. The van der Waals surface area contributed by atoms with Crippen LogP contribution in [0.25, 0.3) is 50.0 Å². The van der Waals surface area contributed by atoms with E-state index < -0.39 is 0 Å². The highest BCUT2D eigenvalue weighted by Crippen LogP contribution is 2.39. The van der Waals surface area contributed by atoms with Crippen LogP contribution in [0.1, 0.15) is 5.56 Å². The molecule has 2 aromatic heterocycles.